The summed E-state index contributed by atoms with van der Waals surface area (Å²) in [5.74, 6) is 7.94. The summed E-state index contributed by atoms with van der Waals surface area (Å²) < 4.78 is 0. The Morgan fingerprint density at radius 2 is 0.593 bits per heavy atom. The molecule has 0 N–H and O–H groups in total. The molecule has 2 heteroatoms. The first-order chi connectivity index (χ1) is 25.8. The summed E-state index contributed by atoms with van der Waals surface area (Å²) in [4.78, 5) is 0. The van der Waals surface area contributed by atoms with Gasteiger partial charge in [0, 0.05) is 11.1 Å². The van der Waals surface area contributed by atoms with Crippen LogP contribution in [0.15, 0.2) is 84.9 Å². The Morgan fingerprint density at radius 3 is 0.907 bits per heavy atom. The van der Waals surface area contributed by atoms with E-state index in [-0.39, 0.29) is 0 Å². The van der Waals surface area contributed by atoms with E-state index in [2.05, 4.69) is 191 Å². The minimum absolute atomic E-state index is 0.582. The van der Waals surface area contributed by atoms with Crippen molar-refractivity contribution in [2.75, 3.05) is 0 Å². The van der Waals surface area contributed by atoms with Crippen LogP contribution in [-0.4, -0.2) is 16.1 Å². The Hall–Kier alpha value is -4.35. The van der Waals surface area contributed by atoms with Crippen LogP contribution in [-0.2, 0) is 0 Å². The van der Waals surface area contributed by atoms with Gasteiger partial charge < -0.3 is 0 Å². The number of hydrogen-bond acceptors (Lipinski definition) is 0. The van der Waals surface area contributed by atoms with Gasteiger partial charge in [-0.1, -0.05) is 180 Å². The van der Waals surface area contributed by atoms with Crippen LogP contribution in [0.2, 0.25) is 33.2 Å². The molecule has 54 heavy (non-hydrogen) atoms. The van der Waals surface area contributed by atoms with Gasteiger partial charge >= 0.3 is 0 Å². The van der Waals surface area contributed by atoms with Gasteiger partial charge in [-0.05, 0) is 108 Å². The second-order valence-electron chi connectivity index (χ2n) is 18.1. The topological polar surface area (TPSA) is 0 Å². The molecule has 0 amide bonds. The Kier molecular flexibility index (Phi) is 8.92. The molecule has 6 aromatic rings. The highest BCUT2D eigenvalue weighted by Crippen LogP contribution is 2.49. The van der Waals surface area contributed by atoms with E-state index in [0.29, 0.717) is 33.2 Å². The number of fused-ring (bicyclic) bond motifs is 8. The van der Waals surface area contributed by atoms with Gasteiger partial charge in [0.15, 0.2) is 0 Å². The molecular weight excluding hydrogens is 681 g/mol. The molecule has 0 saturated carbocycles. The maximum atomic E-state index is 4.11. The van der Waals surface area contributed by atoms with Gasteiger partial charge in [-0.15, -0.1) is 11.1 Å². The lowest BCUT2D eigenvalue weighted by atomic mass is 9.91. The molecule has 2 aliphatic rings. The highest BCUT2D eigenvalue weighted by Gasteiger charge is 2.43. The highest BCUT2D eigenvalue weighted by molar-refractivity contribution is 6.91. The van der Waals surface area contributed by atoms with E-state index in [1.807, 2.05) is 0 Å². The van der Waals surface area contributed by atoms with Crippen LogP contribution >= 0.6 is 0 Å². The number of rotatable bonds is 6. The van der Waals surface area contributed by atoms with Crippen molar-refractivity contribution < 1.29 is 0 Å². The van der Waals surface area contributed by atoms with Crippen LogP contribution in [0.5, 0.6) is 0 Å². The summed E-state index contributed by atoms with van der Waals surface area (Å²) in [7, 11) is -3.91. The van der Waals surface area contributed by atoms with E-state index in [9.17, 15) is 0 Å². The summed E-state index contributed by atoms with van der Waals surface area (Å²) in [6.07, 6.45) is 0. The molecule has 6 aromatic carbocycles. The first kappa shape index (κ1) is 36.6. The number of benzene rings is 6. The van der Waals surface area contributed by atoms with Gasteiger partial charge in [0.1, 0.15) is 16.1 Å². The van der Waals surface area contributed by atoms with Crippen LogP contribution in [0.4, 0.5) is 0 Å². The van der Waals surface area contributed by atoms with Crippen molar-refractivity contribution in [3.8, 4) is 22.9 Å². The SMILES string of the molecule is CC(C)[Si](C#Cc1c2ccccc2c2c3c4cccc5c(C#C[Si](C(C)C)(C(C)C)C(C)C)c6ccccc6c(c=3c3cccc1c32)c54)(C(C)C)C(C)C. The smallest absolute Gasteiger partial charge is 0.125 e. The first-order valence-electron chi connectivity index (χ1n) is 20.6. The van der Waals surface area contributed by atoms with Crippen molar-refractivity contribution in [2.45, 2.75) is 116 Å². The molecule has 0 nitrogen and oxygen atoms in total. The van der Waals surface area contributed by atoms with Crippen molar-refractivity contribution in [1.29, 1.82) is 0 Å². The lowest BCUT2D eigenvalue weighted by Crippen LogP contribution is -2.43. The molecule has 0 radical (unpaired) electrons. The van der Waals surface area contributed by atoms with Crippen molar-refractivity contribution in [3.05, 3.63) is 106 Å². The van der Waals surface area contributed by atoms with Crippen LogP contribution in [0.3, 0.4) is 0 Å². The van der Waals surface area contributed by atoms with Crippen molar-refractivity contribution in [2.24, 2.45) is 0 Å². The van der Waals surface area contributed by atoms with E-state index < -0.39 is 16.1 Å². The largest absolute Gasteiger partial charge is 0.146 e. The molecule has 272 valence electrons. The Morgan fingerprint density at radius 1 is 0.315 bits per heavy atom. The average molecular weight is 737 g/mol. The Bertz CT molecular complexity index is 2670. The van der Waals surface area contributed by atoms with Gasteiger partial charge in [0.25, 0.3) is 0 Å². The second-order valence-corrected chi connectivity index (χ2v) is 29.3. The molecule has 0 aromatic heterocycles. The predicted octanol–water partition coefficient (Wildman–Crippen LogP) is 15.3. The molecule has 2 aliphatic carbocycles. The van der Waals surface area contributed by atoms with E-state index >= 15 is 0 Å². The maximum absolute atomic E-state index is 4.11. The third-order valence-electron chi connectivity index (χ3n) is 13.9. The minimum atomic E-state index is -1.95. The maximum Gasteiger partial charge on any atom is 0.146 e. The van der Waals surface area contributed by atoms with Gasteiger partial charge in [-0.2, -0.15) is 0 Å². The van der Waals surface area contributed by atoms with Gasteiger partial charge in [-0.25, -0.2) is 0 Å². The van der Waals surface area contributed by atoms with Crippen molar-refractivity contribution in [3.63, 3.8) is 0 Å². The molecule has 0 bridgehead atoms. The Balaban J connectivity index is 1.55. The molecule has 0 fully saturated rings. The third kappa shape index (κ3) is 4.89. The molecular formula is C52H56Si2. The molecule has 0 aliphatic heterocycles. The fourth-order valence-corrected chi connectivity index (χ4v) is 22.1. The minimum Gasteiger partial charge on any atom is -0.125 e. The van der Waals surface area contributed by atoms with E-state index in [4.69, 9.17) is 0 Å². The quantitative estimate of drug-likeness (QED) is 0.0906. The van der Waals surface area contributed by atoms with E-state index in [0.717, 1.165) is 0 Å². The molecule has 0 saturated heterocycles. The standard InChI is InChI=1S/C52H56Si2/c1-31(2)53(32(3)4,33(5)6)29-27-39-37-19-13-15-21-43(37)49-47-41(39)23-17-25-45(47)51-50-44-22-16-14-20-38(44)40(42-24-18-26-46(48(42)50)52(49)51)28-30-54(34(7)8,35(9)10)36(11)12/h13-26,31-36H,1-12H3. The normalized spacial score (nSPS) is 13.1. The van der Waals surface area contributed by atoms with Crippen molar-refractivity contribution >= 4 is 80.8 Å². The van der Waals surface area contributed by atoms with Crippen LogP contribution in [0.1, 0.15) is 94.2 Å². The highest BCUT2D eigenvalue weighted by atomic mass is 28.3. The predicted molar refractivity (Wildman–Crippen MR) is 245 cm³/mol. The monoisotopic (exact) mass is 736 g/mol. The summed E-state index contributed by atoms with van der Waals surface area (Å²) in [5, 5.41) is 18.7. The fraction of sp³-hybridized carbons (Fsp3) is 0.346. The zero-order valence-electron chi connectivity index (χ0n) is 34.5. The molecule has 8 rings (SSSR count). The van der Waals surface area contributed by atoms with Crippen LogP contribution in [0.25, 0.3) is 64.6 Å². The Labute approximate surface area is 325 Å². The average Bonchev–Trinajstić information content (AvgIpc) is 3.65. The summed E-state index contributed by atoms with van der Waals surface area (Å²) in [6.45, 7) is 29.0. The van der Waals surface area contributed by atoms with Gasteiger partial charge in [-0.3, -0.25) is 0 Å². The van der Waals surface area contributed by atoms with Gasteiger partial charge in [0.2, 0.25) is 0 Å². The zero-order valence-corrected chi connectivity index (χ0v) is 36.5. The summed E-state index contributed by atoms with van der Waals surface area (Å²) in [5.41, 5.74) is 14.1. The number of hydrogen-bond donors (Lipinski definition) is 0. The van der Waals surface area contributed by atoms with E-state index in [1.54, 1.807) is 0 Å². The van der Waals surface area contributed by atoms with Crippen LogP contribution in [0, 0.1) is 33.4 Å². The lowest BCUT2D eigenvalue weighted by molar-refractivity contribution is 0.838. The lowest BCUT2D eigenvalue weighted by Gasteiger charge is -2.38. The summed E-state index contributed by atoms with van der Waals surface area (Å²) in [6, 6.07) is 32.2. The second kappa shape index (κ2) is 13.2. The van der Waals surface area contributed by atoms with Crippen molar-refractivity contribution in [1.82, 2.24) is 0 Å². The first-order valence-corrected chi connectivity index (χ1v) is 25.0. The fourth-order valence-electron chi connectivity index (χ4n) is 11.7. The third-order valence-corrected chi connectivity index (χ3v) is 26.5. The summed E-state index contributed by atoms with van der Waals surface area (Å²) >= 11 is 0. The molecule has 0 heterocycles. The van der Waals surface area contributed by atoms with Gasteiger partial charge in [0.05, 0.1) is 0 Å². The zero-order chi connectivity index (χ0) is 38.4. The van der Waals surface area contributed by atoms with Crippen LogP contribution < -0.4 is 0 Å². The molecule has 0 atom stereocenters. The van der Waals surface area contributed by atoms with E-state index in [1.165, 1.54) is 86.2 Å². The molecule has 0 unspecified atom stereocenters. The molecule has 0 spiro atoms.